The van der Waals surface area contributed by atoms with Crippen LogP contribution in [-0.2, 0) is 0 Å². The molecule has 0 radical (unpaired) electrons. The van der Waals surface area contributed by atoms with Crippen molar-refractivity contribution in [2.45, 2.75) is 13.0 Å². The second-order valence-electron chi connectivity index (χ2n) is 2.46. The zero-order valence-electron chi connectivity index (χ0n) is 6.03. The van der Waals surface area contributed by atoms with E-state index in [1.165, 1.54) is 0 Å². The third kappa shape index (κ3) is 0.894. The molecule has 2 heterocycles. The molecule has 0 aromatic carbocycles. The number of aromatic amines is 1. The highest BCUT2D eigenvalue weighted by Gasteiger charge is 2.08. The van der Waals surface area contributed by atoms with Crippen LogP contribution in [0.25, 0.3) is 11.2 Å². The molecule has 0 bridgehead atoms. The van der Waals surface area contributed by atoms with Crippen LogP contribution in [0.3, 0.4) is 0 Å². The Labute approximate surface area is 62.6 Å². The molecule has 0 spiro atoms. The van der Waals surface area contributed by atoms with E-state index in [0.29, 0.717) is 5.71 Å². The molecule has 0 aliphatic carbocycles. The van der Waals surface area contributed by atoms with Crippen molar-refractivity contribution in [2.24, 2.45) is 5.73 Å². The largest absolute Gasteiger partial charge is 0.336 e. The first-order valence-electron chi connectivity index (χ1n) is 3.33. The fraction of sp³-hybridized carbons (Fsp3) is 0.333. The van der Waals surface area contributed by atoms with Gasteiger partial charge in [-0.15, -0.1) is 0 Å². The number of rotatable bonds is 1. The summed E-state index contributed by atoms with van der Waals surface area (Å²) in [6.45, 7) is 1.85. The van der Waals surface area contributed by atoms with Crippen molar-refractivity contribution in [3.8, 4) is 0 Å². The van der Waals surface area contributed by atoms with Crippen molar-refractivity contribution < 1.29 is 4.52 Å². The first-order valence-corrected chi connectivity index (χ1v) is 3.33. The minimum Gasteiger partial charge on any atom is -0.336 e. The lowest BCUT2D eigenvalue weighted by atomic mass is 10.3. The summed E-state index contributed by atoms with van der Waals surface area (Å²) in [7, 11) is 0. The van der Waals surface area contributed by atoms with Crippen molar-refractivity contribution >= 4 is 11.2 Å². The number of H-pyrrole nitrogens is 1. The molecule has 2 aromatic rings. The van der Waals surface area contributed by atoms with Crippen LogP contribution >= 0.6 is 0 Å². The summed E-state index contributed by atoms with van der Waals surface area (Å²) >= 11 is 0. The van der Waals surface area contributed by atoms with Crippen LogP contribution in [0, 0.1) is 0 Å². The lowest BCUT2D eigenvalue weighted by Crippen LogP contribution is -2.06. The average Bonchev–Trinajstić information content (AvgIpc) is 2.40. The summed E-state index contributed by atoms with van der Waals surface area (Å²) in [4.78, 5) is 7.05. The van der Waals surface area contributed by atoms with Gasteiger partial charge in [0, 0.05) is 0 Å². The van der Waals surface area contributed by atoms with Crippen molar-refractivity contribution in [1.82, 2.24) is 15.1 Å². The van der Waals surface area contributed by atoms with Gasteiger partial charge in [0.15, 0.2) is 0 Å². The maximum Gasteiger partial charge on any atom is 0.275 e. The van der Waals surface area contributed by atoms with Gasteiger partial charge in [-0.2, -0.15) is 4.98 Å². The van der Waals surface area contributed by atoms with Gasteiger partial charge in [-0.3, -0.25) is 0 Å². The summed E-state index contributed by atoms with van der Waals surface area (Å²) in [5.74, 6) is 0.723. The lowest BCUT2D eigenvalue weighted by molar-refractivity contribution is 0.447. The molecule has 2 rings (SSSR count). The highest BCUT2D eigenvalue weighted by atomic mass is 16.5. The molecule has 0 fully saturated rings. The Morgan fingerprint density at radius 1 is 1.73 bits per heavy atom. The Balaban J connectivity index is 2.58. The third-order valence-electron chi connectivity index (χ3n) is 1.47. The van der Waals surface area contributed by atoms with E-state index in [2.05, 4.69) is 15.1 Å². The van der Waals surface area contributed by atoms with Gasteiger partial charge in [-0.25, -0.2) is 0 Å². The van der Waals surface area contributed by atoms with Crippen LogP contribution in [0.15, 0.2) is 10.7 Å². The predicted octanol–water partition coefficient (Wildman–Crippen LogP) is 0.571. The van der Waals surface area contributed by atoms with Gasteiger partial charge in [-0.1, -0.05) is 5.16 Å². The molecular formula is C6H8N4O. The van der Waals surface area contributed by atoms with Crippen LogP contribution < -0.4 is 5.73 Å². The van der Waals surface area contributed by atoms with Gasteiger partial charge < -0.3 is 15.2 Å². The van der Waals surface area contributed by atoms with E-state index in [1.54, 1.807) is 6.20 Å². The third-order valence-corrected chi connectivity index (χ3v) is 1.47. The molecule has 0 aliphatic heterocycles. The number of imidazole rings is 1. The number of hydrogen-bond acceptors (Lipinski definition) is 4. The van der Waals surface area contributed by atoms with Crippen LogP contribution in [0.5, 0.6) is 0 Å². The molecule has 0 saturated carbocycles. The van der Waals surface area contributed by atoms with E-state index in [4.69, 9.17) is 10.3 Å². The van der Waals surface area contributed by atoms with E-state index in [1.807, 2.05) is 6.92 Å². The summed E-state index contributed by atoms with van der Waals surface area (Å²) in [5, 5.41) is 3.55. The van der Waals surface area contributed by atoms with E-state index in [9.17, 15) is 0 Å². The molecule has 0 aliphatic rings. The predicted molar refractivity (Wildman–Crippen MR) is 38.8 cm³/mol. The summed E-state index contributed by atoms with van der Waals surface area (Å²) in [5.41, 5.74) is 6.88. The molecule has 0 saturated heterocycles. The highest BCUT2D eigenvalue weighted by Crippen LogP contribution is 2.12. The zero-order valence-corrected chi connectivity index (χ0v) is 6.03. The molecule has 2 aromatic heterocycles. The van der Waals surface area contributed by atoms with E-state index >= 15 is 0 Å². The monoisotopic (exact) mass is 152 g/mol. The quantitative estimate of drug-likeness (QED) is 0.626. The smallest absolute Gasteiger partial charge is 0.275 e. The molecule has 3 N–H and O–H groups in total. The Kier molecular flexibility index (Phi) is 1.19. The zero-order chi connectivity index (χ0) is 7.84. The Morgan fingerprint density at radius 2 is 2.55 bits per heavy atom. The van der Waals surface area contributed by atoms with Gasteiger partial charge in [0.05, 0.1) is 12.2 Å². The van der Waals surface area contributed by atoms with Gasteiger partial charge in [-0.05, 0) is 6.92 Å². The second-order valence-corrected chi connectivity index (χ2v) is 2.46. The molecule has 0 amide bonds. The van der Waals surface area contributed by atoms with Crippen LogP contribution in [-0.4, -0.2) is 15.1 Å². The fourth-order valence-corrected chi connectivity index (χ4v) is 0.891. The maximum absolute atomic E-state index is 5.58. The number of nitrogens with two attached hydrogens (primary N) is 1. The van der Waals surface area contributed by atoms with Crippen LogP contribution in [0.1, 0.15) is 18.8 Å². The second kappa shape index (κ2) is 2.06. The summed E-state index contributed by atoms with van der Waals surface area (Å²) in [6, 6.07) is -0.0994. The molecule has 1 atom stereocenters. The summed E-state index contributed by atoms with van der Waals surface area (Å²) < 4.78 is 4.80. The first kappa shape index (κ1) is 6.36. The molecule has 0 unspecified atom stereocenters. The standard InChI is InChI=1S/C6H8N4O/c1-3(7)5-9-4-2-8-11-6(4)10-5/h2-3H,7H2,1H3,(H,9,10)/t3-/m0/s1. The number of fused-ring (bicyclic) bond motifs is 1. The number of nitrogens with one attached hydrogen (secondary N) is 1. The highest BCUT2D eigenvalue weighted by molar-refractivity contribution is 5.66. The fourth-order valence-electron chi connectivity index (χ4n) is 0.891. The number of nitrogens with zero attached hydrogens (tertiary/aromatic N) is 2. The minimum absolute atomic E-state index is 0.0994. The van der Waals surface area contributed by atoms with Gasteiger partial charge in [0.25, 0.3) is 5.71 Å². The lowest BCUT2D eigenvalue weighted by Gasteiger charge is -1.96. The topological polar surface area (TPSA) is 80.7 Å². The number of aromatic nitrogens is 3. The number of hydrogen-bond donors (Lipinski definition) is 2. The minimum atomic E-state index is -0.0994. The van der Waals surface area contributed by atoms with E-state index < -0.39 is 0 Å². The Bertz CT molecular complexity index is 333. The average molecular weight is 152 g/mol. The molecule has 11 heavy (non-hydrogen) atoms. The van der Waals surface area contributed by atoms with E-state index in [-0.39, 0.29) is 6.04 Å². The van der Waals surface area contributed by atoms with Crippen LogP contribution in [0.4, 0.5) is 0 Å². The molecule has 5 nitrogen and oxygen atoms in total. The van der Waals surface area contributed by atoms with Crippen molar-refractivity contribution in [3.05, 3.63) is 12.0 Å². The van der Waals surface area contributed by atoms with Crippen molar-refractivity contribution in [1.29, 1.82) is 0 Å². The van der Waals surface area contributed by atoms with E-state index in [0.717, 1.165) is 11.3 Å². The summed E-state index contributed by atoms with van der Waals surface area (Å²) in [6.07, 6.45) is 1.58. The SMILES string of the molecule is C[C@H](N)c1nc2oncc2[nH]1. The molecule has 5 heteroatoms. The van der Waals surface area contributed by atoms with Crippen molar-refractivity contribution in [2.75, 3.05) is 0 Å². The van der Waals surface area contributed by atoms with Gasteiger partial charge in [0.1, 0.15) is 11.3 Å². The normalized spacial score (nSPS) is 14.0. The first-order chi connectivity index (χ1) is 5.27. The Morgan fingerprint density at radius 3 is 3.18 bits per heavy atom. The molecular weight excluding hydrogens is 144 g/mol. The maximum atomic E-state index is 5.58. The Hall–Kier alpha value is -1.36. The van der Waals surface area contributed by atoms with Gasteiger partial charge >= 0.3 is 0 Å². The molecule has 58 valence electrons. The van der Waals surface area contributed by atoms with Crippen LogP contribution in [0.2, 0.25) is 0 Å². The van der Waals surface area contributed by atoms with Gasteiger partial charge in [0.2, 0.25) is 0 Å². The van der Waals surface area contributed by atoms with Crippen molar-refractivity contribution in [3.63, 3.8) is 0 Å².